The van der Waals surface area contributed by atoms with Crippen molar-refractivity contribution >= 4 is 17.9 Å². The number of nitrogens with zero attached hydrogens (tertiary/aromatic N) is 1. The molecule has 8 nitrogen and oxygen atoms in total. The summed E-state index contributed by atoms with van der Waals surface area (Å²) in [4.78, 5) is 37.2. The Morgan fingerprint density at radius 3 is 2.65 bits per heavy atom. The molecule has 1 aromatic heterocycles. The first-order valence-corrected chi connectivity index (χ1v) is 6.07. The van der Waals surface area contributed by atoms with Gasteiger partial charge in [-0.25, -0.2) is 9.78 Å². The standard InChI is InChI=1S/C12H17N3O5/c1-7(4-11(17)18)3-9(16)15-12(19)14-6-10-13-5-8(2)20-10/h5,7H,3-4,6H2,1-2H3,(H,17,18)(H2,14,15,16,19). The Bertz CT molecular complexity index is 497. The summed E-state index contributed by atoms with van der Waals surface area (Å²) in [5, 5.41) is 13.1. The number of aryl methyl sites for hydroxylation is 1. The molecule has 0 aliphatic heterocycles. The Hall–Kier alpha value is -2.38. The highest BCUT2D eigenvalue weighted by atomic mass is 16.4. The van der Waals surface area contributed by atoms with Crippen molar-refractivity contribution in [3.63, 3.8) is 0 Å². The van der Waals surface area contributed by atoms with Gasteiger partial charge in [-0.05, 0) is 12.8 Å². The van der Waals surface area contributed by atoms with Crippen molar-refractivity contribution in [3.8, 4) is 0 Å². The van der Waals surface area contributed by atoms with Crippen LogP contribution in [0.1, 0.15) is 31.4 Å². The van der Waals surface area contributed by atoms with Crippen LogP contribution in [-0.2, 0) is 16.1 Å². The second-order valence-electron chi connectivity index (χ2n) is 4.50. The summed E-state index contributed by atoms with van der Waals surface area (Å²) >= 11 is 0. The average Bonchev–Trinajstić information content (AvgIpc) is 2.71. The molecule has 1 heterocycles. The summed E-state index contributed by atoms with van der Waals surface area (Å²) in [6.45, 7) is 3.42. The van der Waals surface area contributed by atoms with Crippen LogP contribution in [0.15, 0.2) is 10.6 Å². The van der Waals surface area contributed by atoms with E-state index < -0.39 is 17.9 Å². The maximum absolute atomic E-state index is 11.5. The molecule has 0 aliphatic rings. The average molecular weight is 283 g/mol. The van der Waals surface area contributed by atoms with Crippen molar-refractivity contribution in [2.45, 2.75) is 33.2 Å². The molecular formula is C12H17N3O5. The maximum atomic E-state index is 11.5. The lowest BCUT2D eigenvalue weighted by atomic mass is 10.0. The number of carboxylic acid groups (broad SMARTS) is 1. The van der Waals surface area contributed by atoms with E-state index in [1.54, 1.807) is 13.8 Å². The van der Waals surface area contributed by atoms with Crippen LogP contribution in [0, 0.1) is 12.8 Å². The first kappa shape index (κ1) is 15.7. The third-order valence-electron chi connectivity index (χ3n) is 2.38. The SMILES string of the molecule is Cc1cnc(CNC(=O)NC(=O)CC(C)CC(=O)O)o1. The van der Waals surface area contributed by atoms with Gasteiger partial charge in [-0.15, -0.1) is 0 Å². The third kappa shape index (κ3) is 5.98. The molecule has 8 heteroatoms. The van der Waals surface area contributed by atoms with Crippen LogP contribution in [0.2, 0.25) is 0 Å². The zero-order valence-electron chi connectivity index (χ0n) is 11.3. The van der Waals surface area contributed by atoms with E-state index in [1.165, 1.54) is 6.20 Å². The minimum Gasteiger partial charge on any atom is -0.481 e. The molecule has 0 radical (unpaired) electrons. The minimum absolute atomic E-state index is 0.0299. The van der Waals surface area contributed by atoms with Gasteiger partial charge in [0.2, 0.25) is 11.8 Å². The fraction of sp³-hybridized carbons (Fsp3) is 0.500. The second-order valence-corrected chi connectivity index (χ2v) is 4.50. The molecular weight excluding hydrogens is 266 g/mol. The highest BCUT2D eigenvalue weighted by molar-refractivity contribution is 5.94. The zero-order valence-corrected chi connectivity index (χ0v) is 11.3. The monoisotopic (exact) mass is 283 g/mol. The van der Waals surface area contributed by atoms with Crippen LogP contribution >= 0.6 is 0 Å². The summed E-state index contributed by atoms with van der Waals surface area (Å²) in [7, 11) is 0. The predicted molar refractivity (Wildman–Crippen MR) is 67.7 cm³/mol. The largest absolute Gasteiger partial charge is 0.481 e. The number of oxazole rings is 1. The molecule has 110 valence electrons. The van der Waals surface area contributed by atoms with E-state index >= 15 is 0 Å². The molecule has 0 saturated carbocycles. The third-order valence-corrected chi connectivity index (χ3v) is 2.38. The Morgan fingerprint density at radius 2 is 2.10 bits per heavy atom. The number of hydrogen-bond donors (Lipinski definition) is 3. The highest BCUT2D eigenvalue weighted by Gasteiger charge is 2.14. The molecule has 3 N–H and O–H groups in total. The van der Waals surface area contributed by atoms with E-state index in [1.807, 2.05) is 0 Å². The van der Waals surface area contributed by atoms with Crippen LogP contribution in [0.3, 0.4) is 0 Å². The number of carboxylic acids is 1. The van der Waals surface area contributed by atoms with Gasteiger partial charge in [-0.2, -0.15) is 0 Å². The highest BCUT2D eigenvalue weighted by Crippen LogP contribution is 2.06. The van der Waals surface area contributed by atoms with Gasteiger partial charge in [-0.3, -0.25) is 14.9 Å². The van der Waals surface area contributed by atoms with Crippen molar-refractivity contribution in [3.05, 3.63) is 17.8 Å². The first-order chi connectivity index (χ1) is 9.36. The van der Waals surface area contributed by atoms with Gasteiger partial charge in [0.05, 0.1) is 12.7 Å². The molecule has 1 unspecified atom stereocenters. The number of carbonyl (C=O) groups is 3. The quantitative estimate of drug-likeness (QED) is 0.710. The van der Waals surface area contributed by atoms with Crippen molar-refractivity contribution in [2.75, 3.05) is 0 Å². The Labute approximate surface area is 115 Å². The molecule has 3 amide bonds. The molecule has 0 spiro atoms. The van der Waals surface area contributed by atoms with Crippen molar-refractivity contribution in [1.82, 2.24) is 15.6 Å². The maximum Gasteiger partial charge on any atom is 0.321 e. The fourth-order valence-electron chi connectivity index (χ4n) is 1.55. The van der Waals surface area contributed by atoms with Crippen molar-refractivity contribution in [2.24, 2.45) is 5.92 Å². The molecule has 0 aliphatic carbocycles. The smallest absolute Gasteiger partial charge is 0.321 e. The van der Waals surface area contributed by atoms with Crippen LogP contribution in [0.25, 0.3) is 0 Å². The van der Waals surface area contributed by atoms with Gasteiger partial charge in [0.25, 0.3) is 0 Å². The van der Waals surface area contributed by atoms with E-state index in [-0.39, 0.29) is 25.3 Å². The molecule has 1 rings (SSSR count). The minimum atomic E-state index is -0.978. The van der Waals surface area contributed by atoms with Gasteiger partial charge in [0.15, 0.2) is 0 Å². The second kappa shape index (κ2) is 7.27. The summed E-state index contributed by atoms with van der Waals surface area (Å²) < 4.78 is 5.14. The van der Waals surface area contributed by atoms with Gasteiger partial charge < -0.3 is 14.8 Å². The topological polar surface area (TPSA) is 122 Å². The Balaban J connectivity index is 2.27. The van der Waals surface area contributed by atoms with Crippen LogP contribution in [0.5, 0.6) is 0 Å². The molecule has 1 aromatic rings. The molecule has 20 heavy (non-hydrogen) atoms. The normalized spacial score (nSPS) is 11.7. The zero-order chi connectivity index (χ0) is 15.1. The molecule has 0 fully saturated rings. The lowest BCUT2D eigenvalue weighted by Crippen LogP contribution is -2.39. The Morgan fingerprint density at radius 1 is 1.40 bits per heavy atom. The number of amides is 3. The number of imide groups is 1. The van der Waals surface area contributed by atoms with E-state index in [4.69, 9.17) is 9.52 Å². The number of aliphatic carboxylic acids is 1. The van der Waals surface area contributed by atoms with Gasteiger partial charge in [0, 0.05) is 12.8 Å². The van der Waals surface area contributed by atoms with E-state index in [0.29, 0.717) is 11.7 Å². The van der Waals surface area contributed by atoms with Gasteiger partial charge >= 0.3 is 12.0 Å². The van der Waals surface area contributed by atoms with E-state index in [9.17, 15) is 14.4 Å². The number of hydrogen-bond acceptors (Lipinski definition) is 5. The van der Waals surface area contributed by atoms with Crippen LogP contribution in [-0.4, -0.2) is 28.0 Å². The number of rotatable bonds is 6. The Kier molecular flexibility index (Phi) is 5.70. The van der Waals surface area contributed by atoms with E-state index in [0.717, 1.165) is 0 Å². The predicted octanol–water partition coefficient (Wildman–Crippen LogP) is 0.810. The first-order valence-electron chi connectivity index (χ1n) is 6.07. The number of nitrogens with one attached hydrogen (secondary N) is 2. The number of urea groups is 1. The van der Waals surface area contributed by atoms with Crippen LogP contribution < -0.4 is 10.6 Å². The summed E-state index contributed by atoms with van der Waals surface area (Å²) in [6, 6.07) is -0.673. The fourth-order valence-corrected chi connectivity index (χ4v) is 1.55. The summed E-state index contributed by atoms with van der Waals surface area (Å²) in [5.74, 6) is -0.881. The lowest BCUT2D eigenvalue weighted by molar-refractivity contribution is -0.138. The number of aromatic nitrogens is 1. The molecule has 0 bridgehead atoms. The van der Waals surface area contributed by atoms with Gasteiger partial charge in [0.1, 0.15) is 5.76 Å². The molecule has 1 atom stereocenters. The molecule has 0 aromatic carbocycles. The van der Waals surface area contributed by atoms with E-state index in [2.05, 4.69) is 15.6 Å². The summed E-state index contributed by atoms with van der Waals surface area (Å²) in [6.07, 6.45) is 1.37. The summed E-state index contributed by atoms with van der Waals surface area (Å²) in [5.41, 5.74) is 0. The van der Waals surface area contributed by atoms with Crippen molar-refractivity contribution in [1.29, 1.82) is 0 Å². The lowest BCUT2D eigenvalue weighted by Gasteiger charge is -2.08. The number of carbonyl (C=O) groups excluding carboxylic acids is 2. The molecule has 0 saturated heterocycles. The van der Waals surface area contributed by atoms with Crippen LogP contribution in [0.4, 0.5) is 4.79 Å². The van der Waals surface area contributed by atoms with Crippen molar-refractivity contribution < 1.29 is 23.9 Å². The van der Waals surface area contributed by atoms with Gasteiger partial charge in [-0.1, -0.05) is 6.92 Å².